The average Bonchev–Trinajstić information content (AvgIpc) is 2.46. The Morgan fingerprint density at radius 3 is 2.33 bits per heavy atom. The third-order valence-corrected chi connectivity index (χ3v) is 3.13. The summed E-state index contributed by atoms with van der Waals surface area (Å²) in [5.74, 6) is -0.549. The zero-order valence-corrected chi connectivity index (χ0v) is 12.7. The van der Waals surface area contributed by atoms with Gasteiger partial charge in [0.15, 0.2) is 0 Å². The average molecular weight is 355 g/mol. The summed E-state index contributed by atoms with van der Waals surface area (Å²) in [5, 5.41) is 9.23. The maximum absolute atomic E-state index is 11.3. The molecule has 0 saturated carbocycles. The Labute approximate surface area is 128 Å². The van der Waals surface area contributed by atoms with Crippen LogP contribution in [0.2, 0.25) is 0 Å². The van der Waals surface area contributed by atoms with Gasteiger partial charge in [0.05, 0.1) is 20.3 Å². The molecule has 7 nitrogen and oxygen atoms in total. The second-order valence-electron chi connectivity index (χ2n) is 3.76. The first-order chi connectivity index (χ1) is 10.0. The number of carbonyl (C=O) groups is 1. The van der Waals surface area contributed by atoms with Gasteiger partial charge in [0.25, 0.3) is 0 Å². The second kappa shape index (κ2) is 6.40. The van der Waals surface area contributed by atoms with E-state index >= 15 is 0 Å². The third kappa shape index (κ3) is 3.40. The predicted octanol–water partition coefficient (Wildman–Crippen LogP) is 2.75. The highest BCUT2D eigenvalue weighted by atomic mass is 79.9. The van der Waals surface area contributed by atoms with Gasteiger partial charge in [-0.2, -0.15) is 9.97 Å². The number of benzene rings is 1. The van der Waals surface area contributed by atoms with E-state index in [4.69, 9.17) is 14.2 Å². The minimum absolute atomic E-state index is 0.0251. The van der Waals surface area contributed by atoms with Crippen molar-refractivity contribution in [1.82, 2.24) is 9.97 Å². The number of aromatic carboxylic acids is 1. The van der Waals surface area contributed by atoms with Crippen LogP contribution in [0.25, 0.3) is 0 Å². The summed E-state index contributed by atoms with van der Waals surface area (Å²) in [6, 6.07) is 6.15. The van der Waals surface area contributed by atoms with Crippen molar-refractivity contribution < 1.29 is 24.1 Å². The van der Waals surface area contributed by atoms with Crippen LogP contribution in [0.4, 0.5) is 0 Å². The summed E-state index contributed by atoms with van der Waals surface area (Å²) in [4.78, 5) is 19.2. The fraction of sp³-hybridized carbons (Fsp3) is 0.154. The SMILES string of the molecule is COc1cc(OC)nc(Oc2cccc(Br)c2C(=O)O)n1. The van der Waals surface area contributed by atoms with Crippen molar-refractivity contribution >= 4 is 21.9 Å². The van der Waals surface area contributed by atoms with Crippen LogP contribution >= 0.6 is 15.9 Å². The van der Waals surface area contributed by atoms with E-state index in [0.717, 1.165) is 0 Å². The van der Waals surface area contributed by atoms with Gasteiger partial charge >= 0.3 is 12.0 Å². The number of carboxylic acids is 1. The summed E-state index contributed by atoms with van der Waals surface area (Å²) < 4.78 is 15.8. The lowest BCUT2D eigenvalue weighted by molar-refractivity contribution is 0.0693. The molecule has 21 heavy (non-hydrogen) atoms. The standard InChI is InChI=1S/C13H11BrN2O5/c1-19-9-6-10(20-2)16-13(15-9)21-8-5-3-4-7(14)11(8)12(17)18/h3-6H,1-2H3,(H,17,18). The molecule has 0 unspecified atom stereocenters. The molecule has 0 bridgehead atoms. The molecule has 0 aliphatic heterocycles. The molecule has 1 heterocycles. The normalized spacial score (nSPS) is 10.0. The topological polar surface area (TPSA) is 90.8 Å². The van der Waals surface area contributed by atoms with E-state index in [1.807, 2.05) is 0 Å². The second-order valence-corrected chi connectivity index (χ2v) is 4.61. The van der Waals surface area contributed by atoms with Crippen LogP contribution in [0.1, 0.15) is 10.4 Å². The molecule has 0 atom stereocenters. The number of rotatable bonds is 5. The Balaban J connectivity index is 2.43. The Morgan fingerprint density at radius 1 is 1.19 bits per heavy atom. The van der Waals surface area contributed by atoms with E-state index < -0.39 is 5.97 Å². The third-order valence-electron chi connectivity index (χ3n) is 2.47. The number of methoxy groups -OCH3 is 2. The first-order valence-electron chi connectivity index (χ1n) is 5.72. The van der Waals surface area contributed by atoms with E-state index in [9.17, 15) is 9.90 Å². The van der Waals surface area contributed by atoms with Crippen LogP contribution in [0.3, 0.4) is 0 Å². The van der Waals surface area contributed by atoms with Crippen molar-refractivity contribution in [3.05, 3.63) is 34.3 Å². The Bertz CT molecular complexity index is 655. The number of carboxylic acid groups (broad SMARTS) is 1. The number of ether oxygens (including phenoxy) is 3. The molecule has 2 rings (SSSR count). The summed E-state index contributed by atoms with van der Waals surface area (Å²) in [6.45, 7) is 0. The van der Waals surface area contributed by atoms with Crippen LogP contribution in [0.15, 0.2) is 28.7 Å². The van der Waals surface area contributed by atoms with Crippen LogP contribution in [-0.2, 0) is 0 Å². The molecule has 1 N–H and O–H groups in total. The van der Waals surface area contributed by atoms with Crippen molar-refractivity contribution in [3.8, 4) is 23.5 Å². The van der Waals surface area contributed by atoms with E-state index in [1.54, 1.807) is 12.1 Å². The molecule has 0 saturated heterocycles. The molecule has 0 spiro atoms. The van der Waals surface area contributed by atoms with E-state index in [-0.39, 0.29) is 29.1 Å². The lowest BCUT2D eigenvalue weighted by atomic mass is 10.2. The molecule has 2 aromatic rings. The molecule has 0 fully saturated rings. The van der Waals surface area contributed by atoms with Gasteiger partial charge in [-0.1, -0.05) is 6.07 Å². The monoisotopic (exact) mass is 354 g/mol. The molecule has 0 amide bonds. The number of nitrogens with zero attached hydrogens (tertiary/aromatic N) is 2. The molecular weight excluding hydrogens is 344 g/mol. The first-order valence-corrected chi connectivity index (χ1v) is 6.51. The van der Waals surface area contributed by atoms with Gasteiger partial charge in [0.2, 0.25) is 11.8 Å². The van der Waals surface area contributed by atoms with Gasteiger partial charge in [0, 0.05) is 4.47 Å². The zero-order valence-electron chi connectivity index (χ0n) is 11.2. The molecular formula is C13H11BrN2O5. The van der Waals surface area contributed by atoms with Crippen LogP contribution in [-0.4, -0.2) is 35.3 Å². The number of halogens is 1. The quantitative estimate of drug-likeness (QED) is 0.882. The van der Waals surface area contributed by atoms with Crippen molar-refractivity contribution in [2.45, 2.75) is 0 Å². The van der Waals surface area contributed by atoms with Gasteiger partial charge in [-0.3, -0.25) is 0 Å². The van der Waals surface area contributed by atoms with Crippen LogP contribution < -0.4 is 14.2 Å². The summed E-state index contributed by atoms with van der Waals surface area (Å²) in [5.41, 5.74) is -0.0251. The summed E-state index contributed by atoms with van der Waals surface area (Å²) in [7, 11) is 2.88. The Kier molecular flexibility index (Phi) is 4.59. The maximum atomic E-state index is 11.3. The molecule has 0 aliphatic rings. The van der Waals surface area contributed by atoms with Crippen molar-refractivity contribution in [2.24, 2.45) is 0 Å². The van der Waals surface area contributed by atoms with E-state index in [1.165, 1.54) is 26.4 Å². The summed E-state index contributed by atoms with van der Waals surface area (Å²) in [6.07, 6.45) is 0. The minimum Gasteiger partial charge on any atom is -0.481 e. The Morgan fingerprint density at radius 2 is 1.81 bits per heavy atom. The lowest BCUT2D eigenvalue weighted by Crippen LogP contribution is -2.03. The molecule has 8 heteroatoms. The first kappa shape index (κ1) is 15.0. The van der Waals surface area contributed by atoms with Gasteiger partial charge in [-0.15, -0.1) is 0 Å². The van der Waals surface area contributed by atoms with Gasteiger partial charge in [-0.05, 0) is 28.1 Å². The highest BCUT2D eigenvalue weighted by molar-refractivity contribution is 9.10. The molecule has 0 aliphatic carbocycles. The van der Waals surface area contributed by atoms with Crippen LogP contribution in [0, 0.1) is 0 Å². The highest BCUT2D eigenvalue weighted by Crippen LogP contribution is 2.30. The van der Waals surface area contributed by atoms with E-state index in [0.29, 0.717) is 4.47 Å². The Hall–Kier alpha value is -2.35. The highest BCUT2D eigenvalue weighted by Gasteiger charge is 2.17. The van der Waals surface area contributed by atoms with Gasteiger partial charge in [-0.25, -0.2) is 4.79 Å². The summed E-state index contributed by atoms with van der Waals surface area (Å²) >= 11 is 3.17. The number of hydrogen-bond donors (Lipinski definition) is 1. The predicted molar refractivity (Wildman–Crippen MR) is 76.3 cm³/mol. The van der Waals surface area contributed by atoms with Gasteiger partial charge < -0.3 is 19.3 Å². The fourth-order valence-electron chi connectivity index (χ4n) is 1.53. The van der Waals surface area contributed by atoms with Gasteiger partial charge in [0.1, 0.15) is 11.3 Å². The maximum Gasteiger partial charge on any atom is 0.340 e. The van der Waals surface area contributed by atoms with Crippen molar-refractivity contribution in [1.29, 1.82) is 0 Å². The smallest absolute Gasteiger partial charge is 0.340 e. The van der Waals surface area contributed by atoms with Crippen LogP contribution in [0.5, 0.6) is 23.5 Å². The number of aromatic nitrogens is 2. The largest absolute Gasteiger partial charge is 0.481 e. The molecule has 0 radical (unpaired) electrons. The fourth-order valence-corrected chi connectivity index (χ4v) is 2.05. The lowest BCUT2D eigenvalue weighted by Gasteiger charge is -2.10. The van der Waals surface area contributed by atoms with Crippen molar-refractivity contribution in [2.75, 3.05) is 14.2 Å². The molecule has 1 aromatic carbocycles. The molecule has 110 valence electrons. The van der Waals surface area contributed by atoms with E-state index in [2.05, 4.69) is 25.9 Å². The van der Waals surface area contributed by atoms with Crippen molar-refractivity contribution in [3.63, 3.8) is 0 Å². The molecule has 1 aromatic heterocycles. The minimum atomic E-state index is -1.13. The zero-order chi connectivity index (χ0) is 15.4. The number of hydrogen-bond acceptors (Lipinski definition) is 6.